The lowest BCUT2D eigenvalue weighted by atomic mass is 10.1. The lowest BCUT2D eigenvalue weighted by Gasteiger charge is -2.20. The number of Topliss-reactive ketones (excluding diaryl/α,β-unsaturated/α-hetero) is 1. The standard InChI is InChI=1S/C13H11ClFNO3/c14-9-4-8-11(5-10(9)15)16(13(18)12(8)17)6-7-2-1-3-19-7/h4-5,7H,1-3,6H2. The summed E-state index contributed by atoms with van der Waals surface area (Å²) in [6.45, 7) is 0.932. The lowest BCUT2D eigenvalue weighted by Crippen LogP contribution is -2.36. The molecule has 2 aliphatic heterocycles. The molecular formula is C13H11ClFNO3. The van der Waals surface area contributed by atoms with Gasteiger partial charge < -0.3 is 9.64 Å². The molecule has 100 valence electrons. The van der Waals surface area contributed by atoms with E-state index in [0.717, 1.165) is 18.9 Å². The summed E-state index contributed by atoms with van der Waals surface area (Å²) in [7, 11) is 0. The molecule has 3 rings (SSSR count). The summed E-state index contributed by atoms with van der Waals surface area (Å²) in [5, 5.41) is -0.154. The fourth-order valence-corrected chi connectivity index (χ4v) is 2.63. The fraction of sp³-hybridized carbons (Fsp3) is 0.385. The average Bonchev–Trinajstić information content (AvgIpc) is 2.96. The van der Waals surface area contributed by atoms with Crippen molar-refractivity contribution in [2.45, 2.75) is 18.9 Å². The van der Waals surface area contributed by atoms with Crippen LogP contribution in [0.15, 0.2) is 12.1 Å². The normalized spacial score (nSPS) is 22.2. The molecule has 0 bridgehead atoms. The quantitative estimate of drug-likeness (QED) is 0.782. The maximum Gasteiger partial charge on any atom is 0.299 e. The molecule has 1 aromatic carbocycles. The molecule has 2 aliphatic rings. The van der Waals surface area contributed by atoms with Crippen LogP contribution in [0.5, 0.6) is 0 Å². The maximum atomic E-state index is 13.5. The van der Waals surface area contributed by atoms with Crippen LogP contribution < -0.4 is 4.90 Å². The molecule has 1 amide bonds. The molecule has 6 heteroatoms. The molecule has 1 atom stereocenters. The van der Waals surface area contributed by atoms with E-state index in [9.17, 15) is 14.0 Å². The highest BCUT2D eigenvalue weighted by molar-refractivity contribution is 6.52. The number of halogens is 2. The third kappa shape index (κ3) is 2.03. The van der Waals surface area contributed by atoms with E-state index in [1.54, 1.807) is 0 Å². The van der Waals surface area contributed by atoms with E-state index in [-0.39, 0.29) is 28.9 Å². The average molecular weight is 284 g/mol. The number of hydrogen-bond acceptors (Lipinski definition) is 3. The monoisotopic (exact) mass is 283 g/mol. The van der Waals surface area contributed by atoms with Gasteiger partial charge in [-0.05, 0) is 25.0 Å². The summed E-state index contributed by atoms with van der Waals surface area (Å²) in [5.41, 5.74) is 0.446. The largest absolute Gasteiger partial charge is 0.376 e. The first-order chi connectivity index (χ1) is 9.08. The van der Waals surface area contributed by atoms with Crippen molar-refractivity contribution >= 4 is 29.0 Å². The number of benzene rings is 1. The van der Waals surface area contributed by atoms with Gasteiger partial charge in [-0.1, -0.05) is 11.6 Å². The molecule has 2 heterocycles. The minimum atomic E-state index is -0.646. The summed E-state index contributed by atoms with van der Waals surface area (Å²) < 4.78 is 18.9. The highest BCUT2D eigenvalue weighted by Gasteiger charge is 2.38. The predicted molar refractivity (Wildman–Crippen MR) is 67.1 cm³/mol. The minimum Gasteiger partial charge on any atom is -0.376 e. The maximum absolute atomic E-state index is 13.5. The van der Waals surface area contributed by atoms with E-state index in [0.29, 0.717) is 6.61 Å². The number of ether oxygens (including phenoxy) is 1. The second-order valence-corrected chi connectivity index (χ2v) is 5.07. The van der Waals surface area contributed by atoms with Gasteiger partial charge in [0.2, 0.25) is 0 Å². The Hall–Kier alpha value is -1.46. The first-order valence-electron chi connectivity index (χ1n) is 6.05. The van der Waals surface area contributed by atoms with E-state index in [1.165, 1.54) is 11.0 Å². The van der Waals surface area contributed by atoms with Gasteiger partial charge in [-0.3, -0.25) is 9.59 Å². The first-order valence-corrected chi connectivity index (χ1v) is 6.42. The number of hydrogen-bond donors (Lipinski definition) is 0. The van der Waals surface area contributed by atoms with E-state index in [4.69, 9.17) is 16.3 Å². The Bertz CT molecular complexity index is 569. The number of carbonyl (C=O) groups excluding carboxylic acids is 2. The van der Waals surface area contributed by atoms with Crippen LogP contribution >= 0.6 is 11.6 Å². The van der Waals surface area contributed by atoms with E-state index in [2.05, 4.69) is 0 Å². The predicted octanol–water partition coefficient (Wildman–Crippen LogP) is 2.19. The molecular weight excluding hydrogens is 273 g/mol. The zero-order valence-corrected chi connectivity index (χ0v) is 10.7. The third-order valence-corrected chi connectivity index (χ3v) is 3.71. The third-order valence-electron chi connectivity index (χ3n) is 3.42. The highest BCUT2D eigenvalue weighted by atomic mass is 35.5. The van der Waals surface area contributed by atoms with E-state index in [1.807, 2.05) is 0 Å². The van der Waals surface area contributed by atoms with Crippen LogP contribution in [-0.4, -0.2) is 30.9 Å². The number of fused-ring (bicyclic) bond motifs is 1. The SMILES string of the molecule is O=C1C(=O)N(CC2CCCO2)c2cc(F)c(Cl)cc21. The number of amides is 1. The number of nitrogens with zero attached hydrogens (tertiary/aromatic N) is 1. The minimum absolute atomic E-state index is 0.0959. The van der Waals surface area contributed by atoms with Gasteiger partial charge in [0.1, 0.15) is 5.82 Å². The van der Waals surface area contributed by atoms with Gasteiger partial charge in [-0.15, -0.1) is 0 Å². The fourth-order valence-electron chi connectivity index (χ4n) is 2.46. The van der Waals surface area contributed by atoms with Crippen molar-refractivity contribution in [1.82, 2.24) is 0 Å². The van der Waals surface area contributed by atoms with Crippen LogP contribution in [0.4, 0.5) is 10.1 Å². The Balaban J connectivity index is 1.96. The van der Waals surface area contributed by atoms with Crippen molar-refractivity contribution in [1.29, 1.82) is 0 Å². The summed E-state index contributed by atoms with van der Waals surface area (Å²) in [4.78, 5) is 25.0. The Morgan fingerprint density at radius 1 is 1.42 bits per heavy atom. The van der Waals surface area contributed by atoms with Gasteiger partial charge in [0.05, 0.1) is 28.9 Å². The lowest BCUT2D eigenvalue weighted by molar-refractivity contribution is -0.114. The van der Waals surface area contributed by atoms with Gasteiger partial charge >= 0.3 is 0 Å². The molecule has 0 spiro atoms. The molecule has 19 heavy (non-hydrogen) atoms. The molecule has 4 nitrogen and oxygen atoms in total. The van der Waals surface area contributed by atoms with Crippen LogP contribution in [0, 0.1) is 5.82 Å². The Morgan fingerprint density at radius 3 is 2.89 bits per heavy atom. The van der Waals surface area contributed by atoms with Crippen LogP contribution in [0.3, 0.4) is 0 Å². The summed E-state index contributed by atoms with van der Waals surface area (Å²) in [6.07, 6.45) is 1.67. The van der Waals surface area contributed by atoms with Gasteiger partial charge in [-0.2, -0.15) is 0 Å². The number of ketones is 1. The highest BCUT2D eigenvalue weighted by Crippen LogP contribution is 2.33. The number of carbonyl (C=O) groups is 2. The van der Waals surface area contributed by atoms with E-state index < -0.39 is 17.5 Å². The van der Waals surface area contributed by atoms with Crippen LogP contribution in [0.25, 0.3) is 0 Å². The number of anilines is 1. The van der Waals surface area contributed by atoms with Crippen molar-refractivity contribution in [2.24, 2.45) is 0 Å². The van der Waals surface area contributed by atoms with Gasteiger partial charge in [0.15, 0.2) is 0 Å². The molecule has 1 unspecified atom stereocenters. The zero-order chi connectivity index (χ0) is 13.6. The molecule has 0 N–H and O–H groups in total. The van der Waals surface area contributed by atoms with Crippen molar-refractivity contribution < 1.29 is 18.7 Å². The topological polar surface area (TPSA) is 46.6 Å². The summed E-state index contributed by atoms with van der Waals surface area (Å²) >= 11 is 5.64. The Kier molecular flexibility index (Phi) is 3.03. The molecule has 0 aromatic heterocycles. The van der Waals surface area contributed by atoms with Gasteiger partial charge in [-0.25, -0.2) is 4.39 Å². The van der Waals surface area contributed by atoms with Crippen molar-refractivity contribution in [2.75, 3.05) is 18.1 Å². The molecule has 1 fully saturated rings. The number of rotatable bonds is 2. The zero-order valence-electron chi connectivity index (χ0n) is 9.99. The van der Waals surface area contributed by atoms with Crippen LogP contribution in [0.1, 0.15) is 23.2 Å². The van der Waals surface area contributed by atoms with Crippen molar-refractivity contribution in [3.05, 3.63) is 28.5 Å². The second kappa shape index (κ2) is 4.58. The molecule has 1 saturated heterocycles. The summed E-state index contributed by atoms with van der Waals surface area (Å²) in [5.74, 6) is -1.93. The smallest absolute Gasteiger partial charge is 0.299 e. The molecule has 0 aliphatic carbocycles. The van der Waals surface area contributed by atoms with Crippen LogP contribution in [-0.2, 0) is 9.53 Å². The van der Waals surface area contributed by atoms with E-state index >= 15 is 0 Å². The second-order valence-electron chi connectivity index (χ2n) is 4.66. The molecule has 0 radical (unpaired) electrons. The van der Waals surface area contributed by atoms with Gasteiger partial charge in [0.25, 0.3) is 11.7 Å². The van der Waals surface area contributed by atoms with Crippen molar-refractivity contribution in [3.63, 3.8) is 0 Å². The first kappa shape index (κ1) is 12.6. The van der Waals surface area contributed by atoms with Crippen molar-refractivity contribution in [3.8, 4) is 0 Å². The van der Waals surface area contributed by atoms with Gasteiger partial charge in [0, 0.05) is 6.61 Å². The van der Waals surface area contributed by atoms with Crippen LogP contribution in [0.2, 0.25) is 5.02 Å². The summed E-state index contributed by atoms with van der Waals surface area (Å²) in [6, 6.07) is 2.34. The molecule has 0 saturated carbocycles. The Labute approximate surface area is 114 Å². The Morgan fingerprint density at radius 2 is 2.21 bits per heavy atom. The molecule has 1 aromatic rings.